The van der Waals surface area contributed by atoms with E-state index in [1.807, 2.05) is 32.2 Å². The summed E-state index contributed by atoms with van der Waals surface area (Å²) in [6.45, 7) is 2.47. The summed E-state index contributed by atoms with van der Waals surface area (Å²) in [5, 5.41) is 5.89. The van der Waals surface area contributed by atoms with Gasteiger partial charge in [-0.25, -0.2) is 13.6 Å². The zero-order valence-electron chi connectivity index (χ0n) is 15.9. The van der Waals surface area contributed by atoms with Gasteiger partial charge in [-0.3, -0.25) is 4.79 Å². The van der Waals surface area contributed by atoms with Crippen molar-refractivity contribution in [2.24, 2.45) is 5.14 Å². The van der Waals surface area contributed by atoms with Crippen LogP contribution in [0.3, 0.4) is 0 Å². The largest absolute Gasteiger partial charge is 0.370 e. The lowest BCUT2D eigenvalue weighted by molar-refractivity contribution is 0.0992. The molecule has 1 aliphatic heterocycles. The van der Waals surface area contributed by atoms with Gasteiger partial charge in [-0.15, -0.1) is 11.3 Å². The van der Waals surface area contributed by atoms with Crippen molar-refractivity contribution in [3.63, 3.8) is 0 Å². The minimum absolute atomic E-state index is 0.0471. The number of hydrogen-bond donors (Lipinski definition) is 1. The Bertz CT molecular complexity index is 1230. The Labute approximate surface area is 178 Å². The number of fused-ring (bicyclic) bond motifs is 3. The van der Waals surface area contributed by atoms with Gasteiger partial charge in [0.05, 0.1) is 9.77 Å². The van der Waals surface area contributed by atoms with Crippen molar-refractivity contribution in [2.75, 3.05) is 11.9 Å². The van der Waals surface area contributed by atoms with Crippen LogP contribution in [0.15, 0.2) is 47.4 Å². The molecular formula is C21H19ClN2O3S2. The average molecular weight is 447 g/mol. The molecule has 2 aromatic carbocycles. The Morgan fingerprint density at radius 2 is 1.90 bits per heavy atom. The number of ketones is 1. The van der Waals surface area contributed by atoms with E-state index in [0.717, 1.165) is 32.8 Å². The van der Waals surface area contributed by atoms with E-state index in [-0.39, 0.29) is 10.7 Å². The highest BCUT2D eigenvalue weighted by atomic mass is 35.5. The van der Waals surface area contributed by atoms with Gasteiger partial charge in [-0.05, 0) is 41.5 Å². The van der Waals surface area contributed by atoms with Crippen LogP contribution in [0.1, 0.15) is 28.6 Å². The molecule has 0 radical (unpaired) electrons. The van der Waals surface area contributed by atoms with E-state index in [0.29, 0.717) is 22.9 Å². The Morgan fingerprint density at radius 3 is 2.52 bits per heavy atom. The number of thiophene rings is 1. The molecule has 0 fully saturated rings. The van der Waals surface area contributed by atoms with Crippen molar-refractivity contribution in [3.05, 3.63) is 57.9 Å². The quantitative estimate of drug-likeness (QED) is 0.576. The van der Waals surface area contributed by atoms with Crippen LogP contribution >= 0.6 is 22.9 Å². The Hall–Kier alpha value is -2.19. The number of nitrogens with zero attached hydrogens (tertiary/aromatic N) is 1. The summed E-state index contributed by atoms with van der Waals surface area (Å²) in [5.74, 6) is 0.0630. The highest BCUT2D eigenvalue weighted by Gasteiger charge is 2.29. The Kier molecular flexibility index (Phi) is 5.02. The third kappa shape index (κ3) is 3.48. The fraction of sp³-hybridized carbons (Fsp3) is 0.190. The molecule has 5 nitrogen and oxygen atoms in total. The minimum Gasteiger partial charge on any atom is -0.370 e. The van der Waals surface area contributed by atoms with Crippen molar-refractivity contribution < 1.29 is 13.2 Å². The number of anilines is 1. The van der Waals surface area contributed by atoms with Gasteiger partial charge in [-0.1, -0.05) is 30.7 Å². The first-order chi connectivity index (χ1) is 13.7. The molecule has 3 aromatic rings. The lowest BCUT2D eigenvalue weighted by atomic mass is 9.93. The number of benzene rings is 2. The van der Waals surface area contributed by atoms with Gasteiger partial charge in [0.1, 0.15) is 0 Å². The maximum atomic E-state index is 12.8. The van der Waals surface area contributed by atoms with Crippen LogP contribution in [0.2, 0.25) is 5.02 Å². The predicted molar refractivity (Wildman–Crippen MR) is 118 cm³/mol. The van der Waals surface area contributed by atoms with Crippen LogP contribution < -0.4 is 10.0 Å². The number of hydrogen-bond acceptors (Lipinski definition) is 5. The molecule has 1 aliphatic rings. The maximum absolute atomic E-state index is 12.8. The number of Topliss-reactive ketones (excluding diaryl/α,β-unsaturated/α-hetero) is 1. The van der Waals surface area contributed by atoms with Crippen LogP contribution in [0.4, 0.5) is 5.69 Å². The smallest absolute Gasteiger partial charge is 0.238 e. The van der Waals surface area contributed by atoms with Gasteiger partial charge in [0, 0.05) is 46.7 Å². The Balaban J connectivity index is 1.96. The number of halogens is 1. The first-order valence-corrected chi connectivity index (χ1v) is 11.8. The minimum atomic E-state index is -3.77. The van der Waals surface area contributed by atoms with Gasteiger partial charge in [0.25, 0.3) is 0 Å². The third-order valence-electron chi connectivity index (χ3n) is 5.06. The van der Waals surface area contributed by atoms with E-state index in [9.17, 15) is 13.2 Å². The molecular weight excluding hydrogens is 428 g/mol. The van der Waals surface area contributed by atoms with Crippen molar-refractivity contribution in [3.8, 4) is 21.6 Å². The predicted octanol–water partition coefficient (Wildman–Crippen LogP) is 4.93. The highest BCUT2D eigenvalue weighted by molar-refractivity contribution is 7.89. The monoisotopic (exact) mass is 446 g/mol. The summed E-state index contributed by atoms with van der Waals surface area (Å²) in [5.41, 5.74) is 4.80. The van der Waals surface area contributed by atoms with E-state index in [1.165, 1.54) is 23.5 Å². The molecule has 2 N–H and O–H groups in total. The molecule has 0 spiro atoms. The Morgan fingerprint density at radius 1 is 1.21 bits per heavy atom. The van der Waals surface area contributed by atoms with Gasteiger partial charge in [-0.2, -0.15) is 0 Å². The summed E-state index contributed by atoms with van der Waals surface area (Å²) in [6.07, 6.45) is 0.394. The van der Waals surface area contributed by atoms with Gasteiger partial charge in [0.2, 0.25) is 10.0 Å². The average Bonchev–Trinajstić information content (AvgIpc) is 3.06. The summed E-state index contributed by atoms with van der Waals surface area (Å²) in [4.78, 5) is 16.7. The molecule has 0 unspecified atom stereocenters. The fourth-order valence-corrected chi connectivity index (χ4v) is 5.70. The van der Waals surface area contributed by atoms with Gasteiger partial charge >= 0.3 is 0 Å². The normalized spacial score (nSPS) is 13.2. The van der Waals surface area contributed by atoms with Crippen LogP contribution in [0.5, 0.6) is 0 Å². The number of primary sulfonamides is 1. The van der Waals surface area contributed by atoms with E-state index < -0.39 is 10.0 Å². The number of rotatable bonds is 4. The molecule has 2 heterocycles. The van der Waals surface area contributed by atoms with Crippen LogP contribution in [-0.2, 0) is 16.6 Å². The molecule has 0 atom stereocenters. The first-order valence-electron chi connectivity index (χ1n) is 9.04. The van der Waals surface area contributed by atoms with Gasteiger partial charge in [0.15, 0.2) is 5.78 Å². The summed E-state index contributed by atoms with van der Waals surface area (Å²) in [6, 6.07) is 12.2. The zero-order chi connectivity index (χ0) is 20.9. The second-order valence-electron chi connectivity index (χ2n) is 6.98. The molecule has 8 heteroatoms. The SMILES string of the molecule is CCC(=O)c1sc2c(c1-c1ccc(S(N)(=O)=O)cc1)CN(C)c1cc(Cl)ccc1-2. The zero-order valence-corrected chi connectivity index (χ0v) is 18.3. The number of carbonyl (C=O) groups excluding carboxylic acids is 1. The second kappa shape index (κ2) is 7.25. The molecule has 4 rings (SSSR count). The second-order valence-corrected chi connectivity index (χ2v) is 10.00. The molecule has 0 bridgehead atoms. The van der Waals surface area contributed by atoms with E-state index in [2.05, 4.69) is 4.90 Å². The first kappa shape index (κ1) is 20.1. The van der Waals surface area contributed by atoms with E-state index >= 15 is 0 Å². The van der Waals surface area contributed by atoms with E-state index in [1.54, 1.807) is 12.1 Å². The van der Waals surface area contributed by atoms with Crippen molar-refractivity contribution in [2.45, 2.75) is 24.8 Å². The molecule has 150 valence electrons. The summed E-state index contributed by atoms with van der Waals surface area (Å²) >= 11 is 7.68. The number of carbonyl (C=O) groups is 1. The lowest BCUT2D eigenvalue weighted by Crippen LogP contribution is -2.21. The lowest BCUT2D eigenvalue weighted by Gasteiger charge is -2.28. The molecule has 1 aromatic heterocycles. The van der Waals surface area contributed by atoms with Crippen LogP contribution in [0, 0.1) is 0 Å². The van der Waals surface area contributed by atoms with E-state index in [4.69, 9.17) is 16.7 Å². The summed E-state index contributed by atoms with van der Waals surface area (Å²) < 4.78 is 23.2. The molecule has 0 aliphatic carbocycles. The molecule has 0 saturated carbocycles. The topological polar surface area (TPSA) is 80.5 Å². The fourth-order valence-electron chi connectivity index (χ4n) is 3.64. The number of sulfonamides is 1. The third-order valence-corrected chi connectivity index (χ3v) is 7.53. The van der Waals surface area contributed by atoms with Crippen LogP contribution in [0.25, 0.3) is 21.6 Å². The standard InChI is InChI=1S/C21H19ClN2O3S2/c1-3-18(25)21-19(12-4-7-14(8-5-12)29(23,26)27)16-11-24(2)17-10-13(22)6-9-15(17)20(16)28-21/h4-10H,3,11H2,1-2H3,(H2,23,26,27). The number of nitrogens with two attached hydrogens (primary N) is 1. The van der Waals surface area contributed by atoms with Crippen molar-refractivity contribution >= 4 is 44.4 Å². The molecule has 0 saturated heterocycles. The summed E-state index contributed by atoms with van der Waals surface area (Å²) in [7, 11) is -1.78. The van der Waals surface area contributed by atoms with Crippen LogP contribution in [-0.4, -0.2) is 21.2 Å². The maximum Gasteiger partial charge on any atom is 0.238 e. The van der Waals surface area contributed by atoms with Gasteiger partial charge < -0.3 is 4.90 Å². The molecule has 0 amide bonds. The molecule has 29 heavy (non-hydrogen) atoms. The highest BCUT2D eigenvalue weighted by Crippen LogP contribution is 2.49. The van der Waals surface area contributed by atoms with Crippen molar-refractivity contribution in [1.29, 1.82) is 0 Å². The van der Waals surface area contributed by atoms with Crippen molar-refractivity contribution in [1.82, 2.24) is 0 Å².